The highest BCUT2D eigenvalue weighted by Crippen LogP contribution is 2.11. The molecule has 0 saturated carbocycles. The summed E-state index contributed by atoms with van der Waals surface area (Å²) in [5.41, 5.74) is 1.33. The summed E-state index contributed by atoms with van der Waals surface area (Å²) in [4.78, 5) is 10.7. The molecule has 5 heteroatoms. The van der Waals surface area contributed by atoms with E-state index in [1.807, 2.05) is 24.3 Å². The SMILES string of the molecule is O=C(O)c1coc(CNCc2ccc(Br)cc2)c1. The summed E-state index contributed by atoms with van der Waals surface area (Å²) in [6.07, 6.45) is 1.25. The zero-order chi connectivity index (χ0) is 13.0. The number of carbonyl (C=O) groups is 1. The van der Waals surface area contributed by atoms with Gasteiger partial charge in [-0.2, -0.15) is 0 Å². The van der Waals surface area contributed by atoms with E-state index < -0.39 is 5.97 Å². The first kappa shape index (κ1) is 12.9. The van der Waals surface area contributed by atoms with Gasteiger partial charge >= 0.3 is 5.97 Å². The molecule has 0 unspecified atom stereocenters. The summed E-state index contributed by atoms with van der Waals surface area (Å²) in [5, 5.41) is 11.9. The number of hydrogen-bond donors (Lipinski definition) is 2. The van der Waals surface area contributed by atoms with Crippen LogP contribution in [0.15, 0.2) is 45.5 Å². The largest absolute Gasteiger partial charge is 0.478 e. The number of nitrogens with one attached hydrogen (secondary N) is 1. The molecule has 2 N–H and O–H groups in total. The van der Waals surface area contributed by atoms with Crippen LogP contribution in [0.5, 0.6) is 0 Å². The minimum absolute atomic E-state index is 0.176. The van der Waals surface area contributed by atoms with Gasteiger partial charge in [-0.15, -0.1) is 0 Å². The summed E-state index contributed by atoms with van der Waals surface area (Å²) in [6, 6.07) is 9.51. The molecule has 0 aliphatic heterocycles. The monoisotopic (exact) mass is 309 g/mol. The van der Waals surface area contributed by atoms with Crippen molar-refractivity contribution < 1.29 is 14.3 Å². The van der Waals surface area contributed by atoms with E-state index in [4.69, 9.17) is 9.52 Å². The molecule has 0 aliphatic rings. The molecule has 94 valence electrons. The highest BCUT2D eigenvalue weighted by Gasteiger charge is 2.07. The van der Waals surface area contributed by atoms with Gasteiger partial charge in [-0.25, -0.2) is 4.79 Å². The van der Waals surface area contributed by atoms with Crippen LogP contribution in [0.2, 0.25) is 0 Å². The second kappa shape index (κ2) is 5.84. The topological polar surface area (TPSA) is 62.5 Å². The van der Waals surface area contributed by atoms with E-state index in [2.05, 4.69) is 21.2 Å². The van der Waals surface area contributed by atoms with E-state index in [0.717, 1.165) is 10.0 Å². The molecule has 18 heavy (non-hydrogen) atoms. The Bertz CT molecular complexity index is 533. The Morgan fingerprint density at radius 2 is 2.00 bits per heavy atom. The van der Waals surface area contributed by atoms with Crippen LogP contribution in [0.4, 0.5) is 0 Å². The van der Waals surface area contributed by atoms with Crippen molar-refractivity contribution in [2.24, 2.45) is 0 Å². The van der Waals surface area contributed by atoms with Crippen LogP contribution in [0.25, 0.3) is 0 Å². The summed E-state index contributed by atoms with van der Waals surface area (Å²) in [7, 11) is 0. The number of furan rings is 1. The molecule has 4 nitrogen and oxygen atoms in total. The van der Waals surface area contributed by atoms with Crippen LogP contribution in [0, 0.1) is 0 Å². The smallest absolute Gasteiger partial charge is 0.338 e. The van der Waals surface area contributed by atoms with Crippen molar-refractivity contribution in [3.05, 3.63) is 58.0 Å². The molecule has 0 saturated heterocycles. The lowest BCUT2D eigenvalue weighted by Crippen LogP contribution is -2.12. The minimum Gasteiger partial charge on any atom is -0.478 e. The van der Waals surface area contributed by atoms with E-state index in [-0.39, 0.29) is 5.56 Å². The van der Waals surface area contributed by atoms with Crippen LogP contribution in [-0.4, -0.2) is 11.1 Å². The second-order valence-corrected chi connectivity index (χ2v) is 4.75. The number of aromatic carboxylic acids is 1. The Hall–Kier alpha value is -1.59. The number of halogens is 1. The standard InChI is InChI=1S/C13H12BrNO3/c14-11-3-1-9(2-4-11)6-15-7-12-5-10(8-18-12)13(16)17/h1-5,8,15H,6-7H2,(H,16,17). The molecular weight excluding hydrogens is 298 g/mol. The first-order chi connectivity index (χ1) is 8.65. The summed E-state index contributed by atoms with van der Waals surface area (Å²) in [5.74, 6) is -0.359. The van der Waals surface area contributed by atoms with Crippen LogP contribution in [0.1, 0.15) is 21.7 Å². The fraction of sp³-hybridized carbons (Fsp3) is 0.154. The zero-order valence-corrected chi connectivity index (χ0v) is 11.1. The maximum atomic E-state index is 10.7. The number of carboxylic acids is 1. The van der Waals surface area contributed by atoms with Gasteiger partial charge in [0.15, 0.2) is 0 Å². The zero-order valence-electron chi connectivity index (χ0n) is 9.52. The molecule has 0 spiro atoms. The molecule has 1 aromatic heterocycles. The molecule has 0 amide bonds. The average Bonchev–Trinajstić information content (AvgIpc) is 2.81. The maximum absolute atomic E-state index is 10.7. The lowest BCUT2D eigenvalue weighted by molar-refractivity contribution is 0.0696. The third-order valence-electron chi connectivity index (χ3n) is 2.44. The fourth-order valence-corrected chi connectivity index (χ4v) is 1.78. The Morgan fingerprint density at radius 1 is 1.28 bits per heavy atom. The molecule has 1 heterocycles. The fourth-order valence-electron chi connectivity index (χ4n) is 1.52. The van der Waals surface area contributed by atoms with Crippen molar-refractivity contribution in [1.82, 2.24) is 5.32 Å². The Labute approximate surface area is 113 Å². The van der Waals surface area contributed by atoms with Crippen molar-refractivity contribution in [2.75, 3.05) is 0 Å². The first-order valence-corrected chi connectivity index (χ1v) is 6.20. The van der Waals surface area contributed by atoms with E-state index in [1.165, 1.54) is 12.3 Å². The molecule has 0 bridgehead atoms. The van der Waals surface area contributed by atoms with Crippen LogP contribution in [-0.2, 0) is 13.1 Å². The van der Waals surface area contributed by atoms with Crippen LogP contribution in [0.3, 0.4) is 0 Å². The minimum atomic E-state index is -0.974. The molecule has 1 aromatic carbocycles. The Morgan fingerprint density at radius 3 is 2.61 bits per heavy atom. The van der Waals surface area contributed by atoms with Crippen LogP contribution >= 0.6 is 15.9 Å². The molecule has 0 radical (unpaired) electrons. The quantitative estimate of drug-likeness (QED) is 0.891. The third kappa shape index (κ3) is 3.45. The normalized spacial score (nSPS) is 10.5. The molecule has 0 aliphatic carbocycles. The van der Waals surface area contributed by atoms with E-state index in [0.29, 0.717) is 18.8 Å². The van der Waals surface area contributed by atoms with Gasteiger partial charge in [0.25, 0.3) is 0 Å². The summed E-state index contributed by atoms with van der Waals surface area (Å²) < 4.78 is 6.18. The van der Waals surface area contributed by atoms with Gasteiger partial charge in [-0.1, -0.05) is 28.1 Å². The average molecular weight is 310 g/mol. The van der Waals surface area contributed by atoms with Crippen molar-refractivity contribution in [2.45, 2.75) is 13.1 Å². The van der Waals surface area contributed by atoms with E-state index >= 15 is 0 Å². The number of rotatable bonds is 5. The van der Waals surface area contributed by atoms with Crippen molar-refractivity contribution in [1.29, 1.82) is 0 Å². The van der Waals surface area contributed by atoms with Gasteiger partial charge in [0, 0.05) is 11.0 Å². The maximum Gasteiger partial charge on any atom is 0.338 e. The number of hydrogen-bond acceptors (Lipinski definition) is 3. The van der Waals surface area contributed by atoms with Gasteiger partial charge < -0.3 is 14.8 Å². The van der Waals surface area contributed by atoms with Crippen molar-refractivity contribution >= 4 is 21.9 Å². The van der Waals surface area contributed by atoms with E-state index in [1.54, 1.807) is 0 Å². The lowest BCUT2D eigenvalue weighted by atomic mass is 10.2. The highest BCUT2D eigenvalue weighted by molar-refractivity contribution is 9.10. The van der Waals surface area contributed by atoms with Gasteiger partial charge in [0.05, 0.1) is 12.1 Å². The Kier molecular flexibility index (Phi) is 4.17. The molecular formula is C13H12BrNO3. The summed E-state index contributed by atoms with van der Waals surface area (Å²) in [6.45, 7) is 1.21. The van der Waals surface area contributed by atoms with Crippen molar-refractivity contribution in [3.8, 4) is 0 Å². The van der Waals surface area contributed by atoms with Gasteiger partial charge in [0.1, 0.15) is 12.0 Å². The van der Waals surface area contributed by atoms with Crippen molar-refractivity contribution in [3.63, 3.8) is 0 Å². The molecule has 0 fully saturated rings. The highest BCUT2D eigenvalue weighted by atomic mass is 79.9. The van der Waals surface area contributed by atoms with Crippen LogP contribution < -0.4 is 5.32 Å². The predicted octanol–water partition coefficient (Wildman–Crippen LogP) is 3.03. The van der Waals surface area contributed by atoms with Gasteiger partial charge in [-0.3, -0.25) is 0 Å². The third-order valence-corrected chi connectivity index (χ3v) is 2.97. The Balaban J connectivity index is 1.84. The second-order valence-electron chi connectivity index (χ2n) is 3.84. The summed E-state index contributed by atoms with van der Waals surface area (Å²) >= 11 is 3.38. The molecule has 2 rings (SSSR count). The molecule has 0 atom stereocenters. The predicted molar refractivity (Wildman–Crippen MR) is 70.4 cm³/mol. The molecule has 2 aromatic rings. The number of benzene rings is 1. The van der Waals surface area contributed by atoms with E-state index in [9.17, 15) is 4.79 Å². The van der Waals surface area contributed by atoms with Gasteiger partial charge in [-0.05, 0) is 23.8 Å². The first-order valence-electron chi connectivity index (χ1n) is 5.41. The lowest BCUT2D eigenvalue weighted by Gasteiger charge is -2.02. The van der Waals surface area contributed by atoms with Gasteiger partial charge in [0.2, 0.25) is 0 Å². The number of carboxylic acid groups (broad SMARTS) is 1.